The predicted octanol–water partition coefficient (Wildman–Crippen LogP) is 2.11. The maximum atomic E-state index is 11.1. The molecule has 0 atom stereocenters. The van der Waals surface area contributed by atoms with Crippen LogP contribution in [0, 0.1) is 12.3 Å². The summed E-state index contributed by atoms with van der Waals surface area (Å²) in [5.41, 5.74) is 7.39. The van der Waals surface area contributed by atoms with Gasteiger partial charge < -0.3 is 5.73 Å². The molecule has 0 saturated heterocycles. The molecular weight excluding hydrogens is 186 g/mol. The van der Waals surface area contributed by atoms with E-state index in [1.165, 1.54) is 0 Å². The predicted molar refractivity (Wildman–Crippen MR) is 61.5 cm³/mol. The fourth-order valence-corrected chi connectivity index (χ4v) is 1.55. The Morgan fingerprint density at radius 1 is 1.53 bits per heavy atom. The fraction of sp³-hybridized carbons (Fsp3) is 0.308. The SMILES string of the molecule is C#Cc1c(CCCC)cccc1C(N)=O. The molecule has 0 aliphatic heterocycles. The van der Waals surface area contributed by atoms with Gasteiger partial charge in [0.1, 0.15) is 0 Å². The van der Waals surface area contributed by atoms with Crippen LogP contribution < -0.4 is 5.73 Å². The van der Waals surface area contributed by atoms with Crippen molar-refractivity contribution in [2.45, 2.75) is 26.2 Å². The number of benzene rings is 1. The van der Waals surface area contributed by atoms with Crippen LogP contribution in [0.1, 0.15) is 41.3 Å². The van der Waals surface area contributed by atoms with E-state index in [0.29, 0.717) is 11.1 Å². The molecule has 0 heterocycles. The monoisotopic (exact) mass is 201 g/mol. The van der Waals surface area contributed by atoms with Crippen molar-refractivity contribution in [2.24, 2.45) is 5.73 Å². The molecule has 0 unspecified atom stereocenters. The van der Waals surface area contributed by atoms with Gasteiger partial charge in [-0.15, -0.1) is 6.42 Å². The minimum Gasteiger partial charge on any atom is -0.366 e. The number of amides is 1. The average molecular weight is 201 g/mol. The van der Waals surface area contributed by atoms with Crippen molar-refractivity contribution in [2.75, 3.05) is 0 Å². The molecule has 0 saturated carbocycles. The Kier molecular flexibility index (Phi) is 3.93. The second-order valence-electron chi connectivity index (χ2n) is 3.45. The van der Waals surface area contributed by atoms with Crippen molar-refractivity contribution < 1.29 is 4.79 Å². The molecule has 0 aromatic heterocycles. The number of carbonyl (C=O) groups is 1. The molecule has 0 aliphatic rings. The Morgan fingerprint density at radius 3 is 2.80 bits per heavy atom. The first kappa shape index (κ1) is 11.3. The third kappa shape index (κ3) is 2.60. The van der Waals surface area contributed by atoms with E-state index < -0.39 is 5.91 Å². The highest BCUT2D eigenvalue weighted by Crippen LogP contribution is 2.15. The molecule has 78 valence electrons. The number of hydrogen-bond donors (Lipinski definition) is 1. The normalized spacial score (nSPS) is 9.60. The number of carbonyl (C=O) groups excluding carboxylic acids is 1. The van der Waals surface area contributed by atoms with Crippen LogP contribution in [0.5, 0.6) is 0 Å². The summed E-state index contributed by atoms with van der Waals surface area (Å²) in [7, 11) is 0. The van der Waals surface area contributed by atoms with Crippen molar-refractivity contribution in [1.29, 1.82) is 0 Å². The fourth-order valence-electron chi connectivity index (χ4n) is 1.55. The minimum absolute atomic E-state index is 0.450. The van der Waals surface area contributed by atoms with E-state index in [-0.39, 0.29) is 0 Å². The van der Waals surface area contributed by atoms with E-state index in [2.05, 4.69) is 12.8 Å². The quantitative estimate of drug-likeness (QED) is 0.745. The summed E-state index contributed by atoms with van der Waals surface area (Å²) in [6.07, 6.45) is 8.47. The van der Waals surface area contributed by atoms with Gasteiger partial charge in [0.15, 0.2) is 0 Å². The highest BCUT2D eigenvalue weighted by atomic mass is 16.1. The van der Waals surface area contributed by atoms with Crippen LogP contribution in [-0.4, -0.2) is 5.91 Å². The van der Waals surface area contributed by atoms with Crippen molar-refractivity contribution >= 4 is 5.91 Å². The molecule has 2 N–H and O–H groups in total. The van der Waals surface area contributed by atoms with Gasteiger partial charge in [0.2, 0.25) is 5.91 Å². The molecule has 2 heteroatoms. The van der Waals surface area contributed by atoms with E-state index in [1.807, 2.05) is 12.1 Å². The van der Waals surface area contributed by atoms with Crippen molar-refractivity contribution in [3.63, 3.8) is 0 Å². The van der Waals surface area contributed by atoms with Gasteiger partial charge in [0.25, 0.3) is 0 Å². The van der Waals surface area contributed by atoms with Gasteiger partial charge in [-0.2, -0.15) is 0 Å². The van der Waals surface area contributed by atoms with Crippen LogP contribution >= 0.6 is 0 Å². The third-order valence-corrected chi connectivity index (χ3v) is 2.36. The number of primary amides is 1. The second-order valence-corrected chi connectivity index (χ2v) is 3.45. The lowest BCUT2D eigenvalue weighted by Crippen LogP contribution is -2.13. The van der Waals surface area contributed by atoms with Gasteiger partial charge in [-0.25, -0.2) is 0 Å². The van der Waals surface area contributed by atoms with Gasteiger partial charge >= 0.3 is 0 Å². The van der Waals surface area contributed by atoms with E-state index in [9.17, 15) is 4.79 Å². The summed E-state index contributed by atoms with van der Waals surface area (Å²) >= 11 is 0. The van der Waals surface area contributed by atoms with Crippen LogP contribution in [0.25, 0.3) is 0 Å². The van der Waals surface area contributed by atoms with Gasteiger partial charge in [0, 0.05) is 5.56 Å². The van der Waals surface area contributed by atoms with Crippen LogP contribution in [0.2, 0.25) is 0 Å². The lowest BCUT2D eigenvalue weighted by atomic mass is 9.97. The average Bonchev–Trinajstić information content (AvgIpc) is 2.25. The van der Waals surface area contributed by atoms with Crippen LogP contribution in [0.4, 0.5) is 0 Å². The van der Waals surface area contributed by atoms with E-state index >= 15 is 0 Å². The van der Waals surface area contributed by atoms with E-state index in [4.69, 9.17) is 12.2 Å². The lowest BCUT2D eigenvalue weighted by Gasteiger charge is -2.07. The Hall–Kier alpha value is -1.75. The van der Waals surface area contributed by atoms with Gasteiger partial charge in [0.05, 0.1) is 5.56 Å². The van der Waals surface area contributed by atoms with Crippen molar-refractivity contribution in [3.05, 3.63) is 34.9 Å². The number of terminal acetylenes is 1. The van der Waals surface area contributed by atoms with E-state index in [1.54, 1.807) is 6.07 Å². The molecule has 1 rings (SSSR count). The zero-order valence-electron chi connectivity index (χ0n) is 8.92. The summed E-state index contributed by atoms with van der Waals surface area (Å²) in [5.74, 6) is 2.10. The van der Waals surface area contributed by atoms with Crippen molar-refractivity contribution in [1.82, 2.24) is 0 Å². The minimum atomic E-state index is -0.457. The first-order chi connectivity index (χ1) is 7.20. The number of nitrogens with two attached hydrogens (primary N) is 1. The topological polar surface area (TPSA) is 43.1 Å². The molecule has 0 radical (unpaired) electrons. The first-order valence-corrected chi connectivity index (χ1v) is 5.09. The number of unbranched alkanes of at least 4 members (excludes halogenated alkanes) is 1. The maximum Gasteiger partial charge on any atom is 0.249 e. The molecular formula is C13H15NO. The zero-order valence-corrected chi connectivity index (χ0v) is 8.92. The standard InChI is InChI=1S/C13H15NO/c1-3-5-7-10-8-6-9-12(13(14)15)11(10)4-2/h2,6,8-9H,3,5,7H2,1H3,(H2,14,15). The summed E-state index contributed by atoms with van der Waals surface area (Å²) in [5, 5.41) is 0. The maximum absolute atomic E-state index is 11.1. The highest BCUT2D eigenvalue weighted by molar-refractivity contribution is 5.95. The van der Waals surface area contributed by atoms with E-state index in [0.717, 1.165) is 24.8 Å². The second kappa shape index (κ2) is 5.21. The first-order valence-electron chi connectivity index (χ1n) is 5.09. The molecule has 1 aromatic carbocycles. The molecule has 0 fully saturated rings. The Morgan fingerprint density at radius 2 is 2.27 bits per heavy atom. The molecule has 1 amide bonds. The third-order valence-electron chi connectivity index (χ3n) is 2.36. The number of hydrogen-bond acceptors (Lipinski definition) is 1. The lowest BCUT2D eigenvalue weighted by molar-refractivity contribution is 0.1000. The van der Waals surface area contributed by atoms with Crippen molar-refractivity contribution in [3.8, 4) is 12.3 Å². The molecule has 0 spiro atoms. The summed E-state index contributed by atoms with van der Waals surface area (Å²) < 4.78 is 0. The number of aryl methyl sites for hydroxylation is 1. The Balaban J connectivity index is 3.12. The summed E-state index contributed by atoms with van der Waals surface area (Å²) in [4.78, 5) is 11.1. The van der Waals surface area contributed by atoms with Crippen LogP contribution in [0.3, 0.4) is 0 Å². The van der Waals surface area contributed by atoms with Crippen LogP contribution in [-0.2, 0) is 6.42 Å². The Bertz CT molecular complexity index is 401. The van der Waals surface area contributed by atoms with Gasteiger partial charge in [-0.1, -0.05) is 31.4 Å². The molecule has 0 bridgehead atoms. The molecule has 15 heavy (non-hydrogen) atoms. The largest absolute Gasteiger partial charge is 0.366 e. The molecule has 0 aliphatic carbocycles. The smallest absolute Gasteiger partial charge is 0.249 e. The Labute approximate surface area is 90.5 Å². The zero-order chi connectivity index (χ0) is 11.3. The molecule has 2 nitrogen and oxygen atoms in total. The van der Waals surface area contributed by atoms with Gasteiger partial charge in [-0.05, 0) is 24.5 Å². The highest BCUT2D eigenvalue weighted by Gasteiger charge is 2.09. The summed E-state index contributed by atoms with van der Waals surface area (Å²) in [6.45, 7) is 2.12. The van der Waals surface area contributed by atoms with Gasteiger partial charge in [-0.3, -0.25) is 4.79 Å². The van der Waals surface area contributed by atoms with Crippen LogP contribution in [0.15, 0.2) is 18.2 Å². The number of rotatable bonds is 4. The summed E-state index contributed by atoms with van der Waals surface area (Å²) in [6, 6.07) is 5.45. The molecule has 1 aromatic rings.